The Labute approximate surface area is 127 Å². The van der Waals surface area contributed by atoms with Crippen molar-refractivity contribution in [1.82, 2.24) is 0 Å². The molecule has 2 nitrogen and oxygen atoms in total. The minimum Gasteiger partial charge on any atom is -0.495 e. The van der Waals surface area contributed by atoms with Crippen molar-refractivity contribution in [2.24, 2.45) is 5.73 Å². The third-order valence-corrected chi connectivity index (χ3v) is 3.81. The van der Waals surface area contributed by atoms with E-state index in [1.807, 2.05) is 6.92 Å². The second-order valence-electron chi connectivity index (χ2n) is 4.49. The fourth-order valence-corrected chi connectivity index (χ4v) is 2.57. The monoisotopic (exact) mass is 313 g/mol. The van der Waals surface area contributed by atoms with E-state index in [1.54, 1.807) is 18.2 Å². The van der Waals surface area contributed by atoms with Gasteiger partial charge in [-0.25, -0.2) is 4.39 Å². The summed E-state index contributed by atoms with van der Waals surface area (Å²) in [5, 5.41) is 0.846. The van der Waals surface area contributed by atoms with Crippen LogP contribution in [0, 0.1) is 12.7 Å². The lowest BCUT2D eigenvalue weighted by Crippen LogP contribution is -2.14. The van der Waals surface area contributed by atoms with Gasteiger partial charge in [-0.3, -0.25) is 0 Å². The maximum Gasteiger partial charge on any atom is 0.138 e. The minimum atomic E-state index is -0.554. The van der Waals surface area contributed by atoms with E-state index in [0.29, 0.717) is 26.9 Å². The van der Waals surface area contributed by atoms with Gasteiger partial charge < -0.3 is 10.5 Å². The SMILES string of the molecule is COc1cc(Cl)c(C(N)c2cc(F)ccc2C)cc1Cl. The largest absolute Gasteiger partial charge is 0.495 e. The number of hydrogen-bond donors (Lipinski definition) is 1. The number of benzene rings is 2. The van der Waals surface area contributed by atoms with Crippen LogP contribution in [0.5, 0.6) is 5.75 Å². The molecule has 0 aliphatic carbocycles. The van der Waals surface area contributed by atoms with Crippen LogP contribution in [-0.2, 0) is 0 Å². The highest BCUT2D eigenvalue weighted by Gasteiger charge is 2.17. The topological polar surface area (TPSA) is 35.2 Å². The van der Waals surface area contributed by atoms with E-state index in [2.05, 4.69) is 0 Å². The number of ether oxygens (including phenoxy) is 1. The Hall–Kier alpha value is -1.29. The second kappa shape index (κ2) is 6.00. The molecule has 0 saturated heterocycles. The fraction of sp³-hybridized carbons (Fsp3) is 0.200. The molecule has 1 atom stereocenters. The molecule has 5 heteroatoms. The van der Waals surface area contributed by atoms with Gasteiger partial charge in [0.1, 0.15) is 11.6 Å². The molecule has 0 radical (unpaired) electrons. The summed E-state index contributed by atoms with van der Waals surface area (Å²) in [4.78, 5) is 0. The van der Waals surface area contributed by atoms with Gasteiger partial charge in [0.25, 0.3) is 0 Å². The first kappa shape index (κ1) is 15.1. The molecule has 2 rings (SSSR count). The van der Waals surface area contributed by atoms with Crippen LogP contribution >= 0.6 is 23.2 Å². The summed E-state index contributed by atoms with van der Waals surface area (Å²) in [6, 6.07) is 7.19. The average molecular weight is 314 g/mol. The van der Waals surface area contributed by atoms with E-state index in [9.17, 15) is 4.39 Å². The van der Waals surface area contributed by atoms with E-state index in [0.717, 1.165) is 5.56 Å². The van der Waals surface area contributed by atoms with Crippen LogP contribution in [-0.4, -0.2) is 7.11 Å². The first-order valence-corrected chi connectivity index (χ1v) is 6.74. The normalized spacial score (nSPS) is 12.3. The lowest BCUT2D eigenvalue weighted by molar-refractivity contribution is 0.415. The highest BCUT2D eigenvalue weighted by atomic mass is 35.5. The first-order chi connectivity index (χ1) is 9.43. The van der Waals surface area contributed by atoms with E-state index in [4.69, 9.17) is 33.7 Å². The van der Waals surface area contributed by atoms with Gasteiger partial charge in [0.05, 0.1) is 18.2 Å². The molecule has 106 valence electrons. The molecule has 1 unspecified atom stereocenters. The van der Waals surface area contributed by atoms with Crippen LogP contribution in [0.2, 0.25) is 10.0 Å². The molecule has 0 bridgehead atoms. The molecule has 2 aromatic carbocycles. The van der Waals surface area contributed by atoms with Crippen molar-refractivity contribution in [1.29, 1.82) is 0 Å². The van der Waals surface area contributed by atoms with Gasteiger partial charge >= 0.3 is 0 Å². The highest BCUT2D eigenvalue weighted by Crippen LogP contribution is 2.36. The zero-order valence-electron chi connectivity index (χ0n) is 11.1. The highest BCUT2D eigenvalue weighted by molar-refractivity contribution is 6.34. The average Bonchev–Trinajstić information content (AvgIpc) is 2.42. The van der Waals surface area contributed by atoms with E-state index < -0.39 is 6.04 Å². The van der Waals surface area contributed by atoms with Crippen LogP contribution in [0.3, 0.4) is 0 Å². The second-order valence-corrected chi connectivity index (χ2v) is 5.30. The Balaban J connectivity index is 2.50. The molecule has 2 aromatic rings. The van der Waals surface area contributed by atoms with E-state index in [-0.39, 0.29) is 5.82 Å². The maximum atomic E-state index is 13.4. The molecular formula is C15H14Cl2FNO. The van der Waals surface area contributed by atoms with Gasteiger partial charge in [-0.15, -0.1) is 0 Å². The van der Waals surface area contributed by atoms with Crippen LogP contribution < -0.4 is 10.5 Å². The van der Waals surface area contributed by atoms with Gasteiger partial charge in [-0.2, -0.15) is 0 Å². The lowest BCUT2D eigenvalue weighted by Gasteiger charge is -2.18. The zero-order chi connectivity index (χ0) is 14.9. The maximum absolute atomic E-state index is 13.4. The van der Waals surface area contributed by atoms with Crippen LogP contribution in [0.1, 0.15) is 22.7 Å². The Morgan fingerprint density at radius 1 is 1.10 bits per heavy atom. The summed E-state index contributed by atoms with van der Waals surface area (Å²) >= 11 is 12.3. The van der Waals surface area contributed by atoms with Gasteiger partial charge in [-0.1, -0.05) is 29.3 Å². The van der Waals surface area contributed by atoms with Crippen molar-refractivity contribution < 1.29 is 9.13 Å². The number of nitrogens with two attached hydrogens (primary N) is 1. The Morgan fingerprint density at radius 3 is 2.45 bits per heavy atom. The molecule has 0 fully saturated rings. The predicted octanol–water partition coefficient (Wildman–Crippen LogP) is 4.50. The van der Waals surface area contributed by atoms with Crippen LogP contribution in [0.15, 0.2) is 30.3 Å². The Kier molecular flexibility index (Phi) is 4.53. The number of aryl methyl sites for hydroxylation is 1. The quantitative estimate of drug-likeness (QED) is 0.905. The van der Waals surface area contributed by atoms with Gasteiger partial charge in [-0.05, 0) is 41.8 Å². The zero-order valence-corrected chi connectivity index (χ0v) is 12.6. The first-order valence-electron chi connectivity index (χ1n) is 5.98. The Bertz CT molecular complexity index is 646. The minimum absolute atomic E-state index is 0.336. The molecule has 0 amide bonds. The van der Waals surface area contributed by atoms with Crippen molar-refractivity contribution in [3.8, 4) is 5.75 Å². The van der Waals surface area contributed by atoms with Gasteiger partial charge in [0.2, 0.25) is 0 Å². The molecule has 0 aliphatic heterocycles. The third kappa shape index (κ3) is 2.90. The van der Waals surface area contributed by atoms with E-state index in [1.165, 1.54) is 19.2 Å². The van der Waals surface area contributed by atoms with E-state index >= 15 is 0 Å². The van der Waals surface area contributed by atoms with Crippen molar-refractivity contribution >= 4 is 23.2 Å². The molecule has 0 saturated carbocycles. The van der Waals surface area contributed by atoms with Crippen molar-refractivity contribution in [3.05, 3.63) is 62.9 Å². The smallest absolute Gasteiger partial charge is 0.138 e. The summed E-state index contributed by atoms with van der Waals surface area (Å²) < 4.78 is 18.5. The summed E-state index contributed by atoms with van der Waals surface area (Å²) in [6.07, 6.45) is 0. The fourth-order valence-electron chi connectivity index (χ4n) is 2.05. The lowest BCUT2D eigenvalue weighted by atomic mass is 9.95. The molecule has 20 heavy (non-hydrogen) atoms. The number of rotatable bonds is 3. The molecule has 2 N–H and O–H groups in total. The van der Waals surface area contributed by atoms with Crippen LogP contribution in [0.4, 0.5) is 4.39 Å². The van der Waals surface area contributed by atoms with Gasteiger partial charge in [0.15, 0.2) is 0 Å². The summed E-state index contributed by atoms with van der Waals surface area (Å²) in [6.45, 7) is 1.87. The predicted molar refractivity (Wildman–Crippen MR) is 80.2 cm³/mol. The Morgan fingerprint density at radius 2 is 1.80 bits per heavy atom. The molecular weight excluding hydrogens is 300 g/mol. The van der Waals surface area contributed by atoms with Gasteiger partial charge in [0, 0.05) is 11.1 Å². The van der Waals surface area contributed by atoms with Crippen molar-refractivity contribution in [2.75, 3.05) is 7.11 Å². The van der Waals surface area contributed by atoms with Crippen LogP contribution in [0.25, 0.3) is 0 Å². The summed E-state index contributed by atoms with van der Waals surface area (Å²) in [7, 11) is 1.51. The number of halogens is 3. The number of methoxy groups -OCH3 is 1. The van der Waals surface area contributed by atoms with Crippen molar-refractivity contribution in [3.63, 3.8) is 0 Å². The number of hydrogen-bond acceptors (Lipinski definition) is 2. The standard InChI is InChI=1S/C15H14Cl2FNO/c1-8-3-4-9(18)5-10(8)15(19)11-6-13(17)14(20-2)7-12(11)16/h3-7,15H,19H2,1-2H3. The third-order valence-electron chi connectivity index (χ3n) is 3.18. The molecule has 0 aromatic heterocycles. The van der Waals surface area contributed by atoms with Crippen molar-refractivity contribution in [2.45, 2.75) is 13.0 Å². The molecule has 0 heterocycles. The summed E-state index contributed by atoms with van der Waals surface area (Å²) in [5.41, 5.74) is 8.39. The molecule has 0 spiro atoms. The molecule has 0 aliphatic rings. The summed E-state index contributed by atoms with van der Waals surface area (Å²) in [5.74, 6) is 0.139.